The van der Waals surface area contributed by atoms with E-state index in [1.54, 1.807) is 0 Å². The van der Waals surface area contributed by atoms with E-state index in [1.807, 2.05) is 38.1 Å². The van der Waals surface area contributed by atoms with Crippen LogP contribution in [-0.2, 0) is 16.0 Å². The van der Waals surface area contributed by atoms with Crippen molar-refractivity contribution >= 4 is 40.3 Å². The second-order valence-corrected chi connectivity index (χ2v) is 10.1. The van der Waals surface area contributed by atoms with Crippen LogP contribution in [0.15, 0.2) is 46.4 Å². The summed E-state index contributed by atoms with van der Waals surface area (Å²) in [5.74, 6) is -0.967. The SMILES string of the molecule is CCc1ccc(N2C(=O)C3C(C)=C(C)SC3=[N+](CC(=O)NCCC3=CCCCC3)C2=O)cc1. The van der Waals surface area contributed by atoms with Gasteiger partial charge in [-0.1, -0.05) is 42.5 Å². The van der Waals surface area contributed by atoms with Crippen molar-refractivity contribution in [1.29, 1.82) is 0 Å². The van der Waals surface area contributed by atoms with Gasteiger partial charge in [0.05, 0.1) is 0 Å². The Morgan fingerprint density at radius 3 is 2.61 bits per heavy atom. The lowest BCUT2D eigenvalue weighted by Gasteiger charge is -2.25. The topological polar surface area (TPSA) is 69.5 Å². The molecule has 1 atom stereocenters. The smallest absolute Gasteiger partial charge is 0.352 e. The van der Waals surface area contributed by atoms with Crippen molar-refractivity contribution in [3.63, 3.8) is 0 Å². The van der Waals surface area contributed by atoms with Gasteiger partial charge in [-0.3, -0.25) is 4.79 Å². The van der Waals surface area contributed by atoms with E-state index in [-0.39, 0.29) is 18.4 Å². The molecular formula is C26H32N3O3S+. The van der Waals surface area contributed by atoms with Gasteiger partial charge in [-0.25, -0.2) is 4.79 Å². The summed E-state index contributed by atoms with van der Waals surface area (Å²) in [6.45, 7) is 6.43. The molecule has 6 nitrogen and oxygen atoms in total. The molecule has 4 rings (SSSR count). The molecule has 1 aliphatic carbocycles. The maximum atomic E-state index is 13.5. The number of rotatable bonds is 7. The lowest BCUT2D eigenvalue weighted by Crippen LogP contribution is -2.55. The number of carbonyl (C=O) groups excluding carboxylic acids is 3. The van der Waals surface area contributed by atoms with E-state index in [9.17, 15) is 14.4 Å². The highest BCUT2D eigenvalue weighted by Crippen LogP contribution is 2.41. The van der Waals surface area contributed by atoms with E-state index in [0.29, 0.717) is 17.3 Å². The summed E-state index contributed by atoms with van der Waals surface area (Å²) < 4.78 is 1.49. The first kappa shape index (κ1) is 23.5. The van der Waals surface area contributed by atoms with Gasteiger partial charge in [0.2, 0.25) is 0 Å². The van der Waals surface area contributed by atoms with E-state index in [4.69, 9.17) is 0 Å². The standard InChI is InChI=1S/C26H31N3O3S/c1-4-19-10-12-21(13-11-19)29-24(31)23-17(2)18(3)33-25(23)28(26(29)32)16-22(30)27-15-14-20-8-6-5-7-9-20/h8,10-13,23H,4-7,9,14-16H2,1-3H3/p+1. The number of urea groups is 1. The zero-order chi connectivity index (χ0) is 23.5. The second kappa shape index (κ2) is 10.1. The molecular weight excluding hydrogens is 434 g/mol. The van der Waals surface area contributed by atoms with Crippen molar-refractivity contribution < 1.29 is 19.0 Å². The largest absolute Gasteiger partial charge is 0.507 e. The summed E-state index contributed by atoms with van der Waals surface area (Å²) in [5, 5.41) is 3.61. The van der Waals surface area contributed by atoms with Crippen molar-refractivity contribution in [2.24, 2.45) is 5.92 Å². The summed E-state index contributed by atoms with van der Waals surface area (Å²) in [6.07, 6.45) is 8.70. The van der Waals surface area contributed by atoms with E-state index in [1.165, 1.54) is 39.7 Å². The molecule has 1 aromatic carbocycles. The number of imide groups is 1. The van der Waals surface area contributed by atoms with Crippen molar-refractivity contribution in [2.45, 2.75) is 59.3 Å². The fourth-order valence-corrected chi connectivity index (χ4v) is 5.82. The molecule has 1 aromatic rings. The molecule has 2 heterocycles. The van der Waals surface area contributed by atoms with Crippen LogP contribution in [0.1, 0.15) is 58.4 Å². The maximum absolute atomic E-state index is 13.5. The number of hydrogen-bond acceptors (Lipinski definition) is 4. The van der Waals surface area contributed by atoms with Crippen LogP contribution in [0.2, 0.25) is 0 Å². The van der Waals surface area contributed by atoms with Gasteiger partial charge in [0, 0.05) is 6.54 Å². The first-order valence-electron chi connectivity index (χ1n) is 11.8. The molecule has 33 heavy (non-hydrogen) atoms. The normalized spacial score (nSPS) is 20.9. The Hall–Kier alpha value is -2.67. The summed E-state index contributed by atoms with van der Waals surface area (Å²) in [4.78, 5) is 41.9. The fraction of sp³-hybridized carbons (Fsp3) is 0.462. The van der Waals surface area contributed by atoms with E-state index >= 15 is 0 Å². The van der Waals surface area contributed by atoms with E-state index in [0.717, 1.165) is 41.7 Å². The first-order chi connectivity index (χ1) is 15.9. The lowest BCUT2D eigenvalue weighted by atomic mass is 9.97. The summed E-state index contributed by atoms with van der Waals surface area (Å²) in [6, 6.07) is 7.02. The molecule has 7 heteroatoms. The van der Waals surface area contributed by atoms with E-state index in [2.05, 4.69) is 18.3 Å². The number of hydrogen-bond donors (Lipinski definition) is 1. The Morgan fingerprint density at radius 2 is 1.94 bits per heavy atom. The molecule has 0 radical (unpaired) electrons. The van der Waals surface area contributed by atoms with Gasteiger partial charge in [-0.2, -0.15) is 9.37 Å². The summed E-state index contributed by atoms with van der Waals surface area (Å²) >= 11 is 1.43. The quantitative estimate of drug-likeness (QED) is 0.463. The fourth-order valence-electron chi connectivity index (χ4n) is 4.58. The molecule has 0 fully saturated rings. The van der Waals surface area contributed by atoms with Gasteiger partial charge < -0.3 is 5.32 Å². The van der Waals surface area contributed by atoms with Crippen LogP contribution < -0.4 is 10.2 Å². The molecule has 0 spiro atoms. The average Bonchev–Trinajstić information content (AvgIpc) is 3.12. The minimum Gasteiger partial charge on any atom is -0.352 e. The Bertz CT molecular complexity index is 1070. The second-order valence-electron chi connectivity index (χ2n) is 8.88. The highest BCUT2D eigenvalue weighted by molar-refractivity contribution is 8.17. The number of thioether (sulfide) groups is 1. The van der Waals surface area contributed by atoms with Crippen LogP contribution in [0, 0.1) is 5.92 Å². The van der Waals surface area contributed by atoms with Crippen molar-refractivity contribution in [3.05, 3.63) is 52.0 Å². The minimum absolute atomic E-state index is 0.0892. The molecule has 2 aliphatic heterocycles. The third-order valence-corrected chi connectivity index (χ3v) is 8.00. The van der Waals surface area contributed by atoms with E-state index < -0.39 is 11.9 Å². The number of fused-ring (bicyclic) bond motifs is 1. The third kappa shape index (κ3) is 4.83. The van der Waals surface area contributed by atoms with Gasteiger partial charge in [0.1, 0.15) is 5.69 Å². The number of benzene rings is 1. The zero-order valence-corrected chi connectivity index (χ0v) is 20.5. The number of anilines is 1. The molecule has 0 aromatic heterocycles. The molecule has 3 aliphatic rings. The number of aryl methyl sites for hydroxylation is 1. The predicted octanol–water partition coefficient (Wildman–Crippen LogP) is 4.79. The van der Waals surface area contributed by atoms with Crippen molar-refractivity contribution in [2.75, 3.05) is 18.0 Å². The highest BCUT2D eigenvalue weighted by atomic mass is 32.2. The van der Waals surface area contributed by atoms with Gasteiger partial charge in [0.15, 0.2) is 17.5 Å². The highest BCUT2D eigenvalue weighted by Gasteiger charge is 2.53. The van der Waals surface area contributed by atoms with Crippen LogP contribution in [-0.4, -0.2) is 40.6 Å². The van der Waals surface area contributed by atoms with Gasteiger partial charge in [-0.05, 0) is 80.5 Å². The lowest BCUT2D eigenvalue weighted by molar-refractivity contribution is -0.414. The zero-order valence-electron chi connectivity index (χ0n) is 19.6. The van der Waals surface area contributed by atoms with Crippen LogP contribution in [0.25, 0.3) is 0 Å². The summed E-state index contributed by atoms with van der Waals surface area (Å²) in [7, 11) is 0. The molecule has 0 saturated carbocycles. The minimum atomic E-state index is -0.515. The van der Waals surface area contributed by atoms with Crippen LogP contribution >= 0.6 is 11.8 Å². The number of carbonyl (C=O) groups is 3. The first-order valence-corrected chi connectivity index (χ1v) is 12.6. The molecule has 174 valence electrons. The molecule has 1 N–H and O–H groups in total. The van der Waals surface area contributed by atoms with Crippen LogP contribution in [0.5, 0.6) is 0 Å². The van der Waals surface area contributed by atoms with Gasteiger partial charge in [0.25, 0.3) is 5.91 Å². The van der Waals surface area contributed by atoms with Gasteiger partial charge in [-0.15, -0.1) is 4.90 Å². The predicted molar refractivity (Wildman–Crippen MR) is 132 cm³/mol. The van der Waals surface area contributed by atoms with Crippen LogP contribution in [0.4, 0.5) is 10.5 Å². The molecule has 1 unspecified atom stereocenters. The number of nitrogens with zero attached hydrogens (tertiary/aromatic N) is 2. The van der Waals surface area contributed by atoms with Crippen molar-refractivity contribution in [1.82, 2.24) is 5.32 Å². The number of allylic oxidation sites excluding steroid dienone is 2. The molecule has 0 saturated heterocycles. The number of nitrogens with one attached hydrogen (secondary N) is 1. The van der Waals surface area contributed by atoms with Gasteiger partial charge >= 0.3 is 11.9 Å². The van der Waals surface area contributed by atoms with Crippen LogP contribution in [0.3, 0.4) is 0 Å². The van der Waals surface area contributed by atoms with Crippen molar-refractivity contribution in [3.8, 4) is 0 Å². The number of amides is 4. The molecule has 4 amide bonds. The average molecular weight is 467 g/mol. The third-order valence-electron chi connectivity index (χ3n) is 6.71. The molecule has 0 bridgehead atoms. The Labute approximate surface area is 199 Å². The Balaban J connectivity index is 1.55. The monoisotopic (exact) mass is 466 g/mol. The maximum Gasteiger partial charge on any atom is 0.507 e. The Morgan fingerprint density at radius 1 is 1.18 bits per heavy atom. The summed E-state index contributed by atoms with van der Waals surface area (Å²) in [5.41, 5.74) is 4.02. The Kier molecular flexibility index (Phi) is 7.17.